The van der Waals surface area contributed by atoms with Crippen LogP contribution in [0.3, 0.4) is 0 Å². The topological polar surface area (TPSA) is 153 Å². The molecule has 0 unspecified atom stereocenters. The van der Waals surface area contributed by atoms with Crippen LogP contribution in [-0.4, -0.2) is 45.3 Å². The minimum atomic E-state index is -1.60. The van der Waals surface area contributed by atoms with E-state index < -0.39 is 48.3 Å². The molecule has 0 radical (unpaired) electrons. The van der Waals surface area contributed by atoms with Crippen molar-refractivity contribution in [3.05, 3.63) is 35.6 Å². The van der Waals surface area contributed by atoms with Crippen LogP contribution in [0.5, 0.6) is 0 Å². The third-order valence-electron chi connectivity index (χ3n) is 2.95. The maximum absolute atomic E-state index is 13.2. The molecule has 0 fully saturated rings. The zero-order valence-corrected chi connectivity index (χ0v) is 12.2. The van der Waals surface area contributed by atoms with E-state index in [2.05, 4.69) is 0 Å². The number of hydrogen-bond acceptors (Lipinski definition) is 4. The molecule has 130 valence electrons. The van der Waals surface area contributed by atoms with Gasteiger partial charge in [-0.25, -0.2) is 18.8 Å². The number of amides is 2. The molecule has 5 N–H and O–H groups in total. The molecule has 0 bridgehead atoms. The largest absolute Gasteiger partial charge is 0.481 e. The minimum Gasteiger partial charge on any atom is -0.481 e. The first-order valence-corrected chi connectivity index (χ1v) is 6.70. The van der Waals surface area contributed by atoms with Crippen LogP contribution in [0.25, 0.3) is 0 Å². The zero-order chi connectivity index (χ0) is 18.3. The summed E-state index contributed by atoms with van der Waals surface area (Å²) in [4.78, 5) is 44.5. The summed E-state index contributed by atoms with van der Waals surface area (Å²) in [7, 11) is 0. The lowest BCUT2D eigenvalue weighted by Gasteiger charge is -2.18. The third-order valence-corrected chi connectivity index (χ3v) is 2.95. The molecule has 0 saturated carbocycles. The Bertz CT molecular complexity index is 650. The predicted molar refractivity (Wildman–Crippen MR) is 76.7 cm³/mol. The summed E-state index contributed by atoms with van der Waals surface area (Å²) in [5, 5.41) is 30.6. The highest BCUT2D eigenvalue weighted by molar-refractivity contribution is 5.86. The van der Waals surface area contributed by atoms with Gasteiger partial charge in [-0.05, 0) is 24.1 Å². The molecule has 0 aliphatic heterocycles. The van der Waals surface area contributed by atoms with Crippen molar-refractivity contribution in [3.8, 4) is 0 Å². The van der Waals surface area contributed by atoms with Crippen LogP contribution in [0.15, 0.2) is 24.3 Å². The average Bonchev–Trinajstić information content (AvgIpc) is 2.48. The number of carbonyl (C=O) groups is 4. The number of rotatable bonds is 8. The molecule has 0 spiro atoms. The highest BCUT2D eigenvalue weighted by atomic mass is 19.1. The molecule has 1 aromatic rings. The Balaban J connectivity index is 2.79. The summed E-state index contributed by atoms with van der Waals surface area (Å²) < 4.78 is 13.2. The monoisotopic (exact) mass is 342 g/mol. The molecule has 1 aromatic carbocycles. The van der Waals surface area contributed by atoms with Crippen LogP contribution in [-0.2, 0) is 14.4 Å². The van der Waals surface area contributed by atoms with Crippen LogP contribution in [0, 0.1) is 5.82 Å². The zero-order valence-electron chi connectivity index (χ0n) is 12.2. The number of carbonyl (C=O) groups excluding carboxylic acids is 1. The number of carboxylic acids is 3. The Kier molecular flexibility index (Phi) is 6.65. The highest BCUT2D eigenvalue weighted by Crippen LogP contribution is 2.14. The van der Waals surface area contributed by atoms with Crippen LogP contribution >= 0.6 is 0 Å². The van der Waals surface area contributed by atoms with Gasteiger partial charge in [-0.1, -0.05) is 12.1 Å². The lowest BCUT2D eigenvalue weighted by molar-refractivity contribution is -0.140. The number of nitrogens with one attached hydrogen (secondary N) is 2. The second-order valence-electron chi connectivity index (χ2n) is 4.77. The summed E-state index contributed by atoms with van der Waals surface area (Å²) in [6, 6.07) is 0.295. The summed E-state index contributed by atoms with van der Waals surface area (Å²) in [6.07, 6.45) is -0.876. The van der Waals surface area contributed by atoms with E-state index in [-0.39, 0.29) is 12.0 Å². The van der Waals surface area contributed by atoms with Gasteiger partial charge in [-0.3, -0.25) is 4.79 Å². The minimum absolute atomic E-state index is 0.0462. The molecule has 24 heavy (non-hydrogen) atoms. The quantitative estimate of drug-likeness (QED) is 0.463. The van der Waals surface area contributed by atoms with Crippen LogP contribution in [0.2, 0.25) is 0 Å². The first-order valence-electron chi connectivity index (χ1n) is 6.70. The smallest absolute Gasteiger partial charge is 0.330 e. The van der Waals surface area contributed by atoms with Crippen molar-refractivity contribution >= 4 is 23.9 Å². The molecular weight excluding hydrogens is 327 g/mol. The van der Waals surface area contributed by atoms with E-state index in [4.69, 9.17) is 15.3 Å². The van der Waals surface area contributed by atoms with Gasteiger partial charge in [0.15, 0.2) is 6.04 Å². The molecule has 0 aliphatic carbocycles. The average molecular weight is 342 g/mol. The van der Waals surface area contributed by atoms with Crippen molar-refractivity contribution in [2.75, 3.05) is 0 Å². The van der Waals surface area contributed by atoms with Gasteiger partial charge in [0.05, 0.1) is 0 Å². The van der Waals surface area contributed by atoms with E-state index >= 15 is 0 Å². The number of benzene rings is 1. The number of hydrogen-bond donors (Lipinski definition) is 5. The van der Waals surface area contributed by atoms with E-state index in [1.807, 2.05) is 10.6 Å². The molecule has 0 aliphatic rings. The van der Waals surface area contributed by atoms with Crippen molar-refractivity contribution in [1.82, 2.24) is 10.6 Å². The van der Waals surface area contributed by atoms with E-state index in [9.17, 15) is 23.6 Å². The van der Waals surface area contributed by atoms with Gasteiger partial charge in [-0.15, -0.1) is 0 Å². The van der Waals surface area contributed by atoms with Gasteiger partial charge in [0.25, 0.3) is 0 Å². The number of halogens is 1. The fraction of sp³-hybridized carbons (Fsp3) is 0.286. The number of urea groups is 1. The standard InChI is InChI=1S/C14H15FN2O7/c15-8-3-1-2-7(6-8)11(13(22)23)17-14(24)16-9(12(20)21)4-5-10(18)19/h1-3,6,9,11H,4-5H2,(H,18,19)(H,20,21)(H,22,23)(H2,16,17,24)/t9-,11-/m0/s1. The van der Waals surface area contributed by atoms with E-state index in [1.165, 1.54) is 12.1 Å². The van der Waals surface area contributed by atoms with Crippen molar-refractivity contribution < 1.29 is 38.9 Å². The van der Waals surface area contributed by atoms with E-state index in [0.29, 0.717) is 0 Å². The Hall–Kier alpha value is -3.17. The van der Waals surface area contributed by atoms with Crippen molar-refractivity contribution in [3.63, 3.8) is 0 Å². The second kappa shape index (κ2) is 8.46. The first-order chi connectivity index (χ1) is 11.2. The molecule has 2 amide bonds. The molecule has 1 rings (SSSR count). The number of carboxylic acid groups (broad SMARTS) is 3. The highest BCUT2D eigenvalue weighted by Gasteiger charge is 2.26. The molecule has 0 saturated heterocycles. The summed E-state index contributed by atoms with van der Waals surface area (Å²) in [6.45, 7) is 0. The van der Waals surface area contributed by atoms with Gasteiger partial charge < -0.3 is 26.0 Å². The fourth-order valence-corrected chi connectivity index (χ4v) is 1.83. The first kappa shape index (κ1) is 18.9. The van der Waals surface area contributed by atoms with Crippen LogP contribution in [0.1, 0.15) is 24.4 Å². The van der Waals surface area contributed by atoms with Gasteiger partial charge in [0, 0.05) is 6.42 Å². The van der Waals surface area contributed by atoms with Crippen LogP contribution in [0.4, 0.5) is 9.18 Å². The molecular formula is C14H15FN2O7. The van der Waals surface area contributed by atoms with Gasteiger partial charge in [-0.2, -0.15) is 0 Å². The van der Waals surface area contributed by atoms with Gasteiger partial charge in [0.1, 0.15) is 11.9 Å². The SMILES string of the molecule is O=C(O)CC[C@H](NC(=O)N[C@H](C(=O)O)c1cccc(F)c1)C(=O)O. The Morgan fingerprint density at radius 1 is 1.04 bits per heavy atom. The molecule has 2 atom stereocenters. The second-order valence-corrected chi connectivity index (χ2v) is 4.77. The lowest BCUT2D eigenvalue weighted by atomic mass is 10.1. The van der Waals surface area contributed by atoms with Gasteiger partial charge in [0.2, 0.25) is 0 Å². The van der Waals surface area contributed by atoms with Crippen molar-refractivity contribution in [2.45, 2.75) is 24.9 Å². The van der Waals surface area contributed by atoms with E-state index in [0.717, 1.165) is 12.1 Å². The Labute approximate surface area is 135 Å². The maximum atomic E-state index is 13.2. The van der Waals surface area contributed by atoms with Crippen LogP contribution < -0.4 is 10.6 Å². The molecule has 0 heterocycles. The van der Waals surface area contributed by atoms with E-state index in [1.54, 1.807) is 0 Å². The maximum Gasteiger partial charge on any atom is 0.330 e. The summed E-state index contributed by atoms with van der Waals surface area (Å²) in [5.41, 5.74) is -0.0462. The molecule has 9 nitrogen and oxygen atoms in total. The van der Waals surface area contributed by atoms with Crippen molar-refractivity contribution in [1.29, 1.82) is 0 Å². The van der Waals surface area contributed by atoms with Crippen molar-refractivity contribution in [2.24, 2.45) is 0 Å². The molecule has 0 aromatic heterocycles. The normalized spacial score (nSPS) is 12.7. The third kappa shape index (κ3) is 5.91. The van der Waals surface area contributed by atoms with Gasteiger partial charge >= 0.3 is 23.9 Å². The summed E-state index contributed by atoms with van der Waals surface area (Å²) >= 11 is 0. The summed E-state index contributed by atoms with van der Waals surface area (Å²) in [5.74, 6) is -4.89. The lowest BCUT2D eigenvalue weighted by Crippen LogP contribution is -2.48. The Morgan fingerprint density at radius 2 is 1.71 bits per heavy atom. The molecule has 10 heteroatoms. The number of aliphatic carboxylic acids is 3. The predicted octanol–water partition coefficient (Wildman–Crippen LogP) is 0.569. The Morgan fingerprint density at radius 3 is 2.21 bits per heavy atom. The fourth-order valence-electron chi connectivity index (χ4n) is 1.83.